The van der Waals surface area contributed by atoms with E-state index >= 15 is 0 Å². The number of hydrogen-bond acceptors (Lipinski definition) is 4. The smallest absolute Gasteiger partial charge is 0.243 e. The normalized spacial score (nSPS) is 17.6. The number of rotatable bonds is 3. The van der Waals surface area contributed by atoms with Gasteiger partial charge in [-0.15, -0.1) is 23.7 Å². The van der Waals surface area contributed by atoms with Crippen molar-refractivity contribution >= 4 is 46.4 Å². The largest absolute Gasteiger partial charge is 0.306 e. The molecule has 2 N–H and O–H groups in total. The molecular formula is C15H17Cl2N3OS. The second kappa shape index (κ2) is 7.92. The Morgan fingerprint density at radius 1 is 1.36 bits per heavy atom. The Morgan fingerprint density at radius 3 is 2.91 bits per heavy atom. The standard InChI is InChI=1S/C15H16ClN3OS.ClH/c16-11-6-2-1-5-10(11)13-9-21-15(18-13)19-14(20)12-7-3-4-8-17-12;/h1-2,5-6,9,12,17H,3-4,7-8H2,(H,18,19,20);1H. The number of benzene rings is 1. The minimum Gasteiger partial charge on any atom is -0.306 e. The van der Waals surface area contributed by atoms with Gasteiger partial charge in [0.1, 0.15) is 0 Å². The van der Waals surface area contributed by atoms with Crippen molar-refractivity contribution in [1.29, 1.82) is 0 Å². The van der Waals surface area contributed by atoms with Crippen LogP contribution in [0.25, 0.3) is 11.3 Å². The lowest BCUT2D eigenvalue weighted by Gasteiger charge is -2.21. The van der Waals surface area contributed by atoms with Gasteiger partial charge in [0.05, 0.1) is 11.7 Å². The molecule has 1 atom stereocenters. The fourth-order valence-electron chi connectivity index (χ4n) is 2.39. The molecule has 1 aliphatic heterocycles. The highest BCUT2D eigenvalue weighted by molar-refractivity contribution is 7.14. The van der Waals surface area contributed by atoms with Crippen LogP contribution < -0.4 is 10.6 Å². The molecule has 0 aliphatic carbocycles. The summed E-state index contributed by atoms with van der Waals surface area (Å²) in [7, 11) is 0. The first kappa shape index (κ1) is 17.2. The van der Waals surface area contributed by atoms with Crippen LogP contribution in [0.4, 0.5) is 5.13 Å². The Balaban J connectivity index is 0.00000176. The summed E-state index contributed by atoms with van der Waals surface area (Å²) in [6, 6.07) is 7.46. The lowest BCUT2D eigenvalue weighted by molar-refractivity contribution is -0.118. The molecule has 1 aliphatic rings. The molecule has 7 heteroatoms. The molecule has 2 heterocycles. The summed E-state index contributed by atoms with van der Waals surface area (Å²) in [6.07, 6.45) is 3.11. The van der Waals surface area contributed by atoms with E-state index in [1.54, 1.807) is 0 Å². The van der Waals surface area contributed by atoms with E-state index in [4.69, 9.17) is 11.6 Å². The Hall–Kier alpha value is -1.14. The van der Waals surface area contributed by atoms with E-state index in [-0.39, 0.29) is 24.4 Å². The number of halogens is 2. The van der Waals surface area contributed by atoms with Gasteiger partial charge >= 0.3 is 0 Å². The molecule has 0 spiro atoms. The van der Waals surface area contributed by atoms with Gasteiger partial charge in [-0.25, -0.2) is 4.98 Å². The van der Waals surface area contributed by atoms with Gasteiger partial charge in [0.25, 0.3) is 0 Å². The third kappa shape index (κ3) is 3.98. The Kier molecular flexibility index (Phi) is 6.20. The van der Waals surface area contributed by atoms with E-state index < -0.39 is 0 Å². The molecule has 2 aromatic rings. The molecule has 1 aromatic heterocycles. The molecular weight excluding hydrogens is 341 g/mol. The maximum atomic E-state index is 12.1. The van der Waals surface area contributed by atoms with Crippen molar-refractivity contribution in [1.82, 2.24) is 10.3 Å². The average Bonchev–Trinajstić information content (AvgIpc) is 2.97. The Labute approximate surface area is 144 Å². The second-order valence-electron chi connectivity index (χ2n) is 5.01. The number of anilines is 1. The van der Waals surface area contributed by atoms with Gasteiger partial charge in [-0.05, 0) is 25.5 Å². The van der Waals surface area contributed by atoms with Crippen molar-refractivity contribution in [2.24, 2.45) is 0 Å². The number of carbonyl (C=O) groups is 1. The summed E-state index contributed by atoms with van der Waals surface area (Å²) < 4.78 is 0. The zero-order valence-electron chi connectivity index (χ0n) is 11.8. The first-order valence-corrected chi connectivity index (χ1v) is 8.24. The first-order chi connectivity index (χ1) is 10.2. The van der Waals surface area contributed by atoms with Gasteiger partial charge in [-0.1, -0.05) is 36.2 Å². The van der Waals surface area contributed by atoms with Crippen LogP contribution in [0.2, 0.25) is 5.02 Å². The topological polar surface area (TPSA) is 54.0 Å². The predicted octanol–water partition coefficient (Wildman–Crippen LogP) is 3.97. The van der Waals surface area contributed by atoms with E-state index in [1.807, 2.05) is 29.6 Å². The van der Waals surface area contributed by atoms with Gasteiger partial charge in [-0.3, -0.25) is 4.79 Å². The highest BCUT2D eigenvalue weighted by Crippen LogP contribution is 2.30. The maximum Gasteiger partial charge on any atom is 0.243 e. The number of thiazole rings is 1. The van der Waals surface area contributed by atoms with Crippen LogP contribution in [0.5, 0.6) is 0 Å². The molecule has 1 amide bonds. The maximum absolute atomic E-state index is 12.1. The van der Waals surface area contributed by atoms with E-state index in [2.05, 4.69) is 15.6 Å². The summed E-state index contributed by atoms with van der Waals surface area (Å²) in [5.74, 6) is -0.00485. The Morgan fingerprint density at radius 2 is 2.18 bits per heavy atom. The van der Waals surface area contributed by atoms with Gasteiger partial charge in [-0.2, -0.15) is 0 Å². The van der Waals surface area contributed by atoms with Crippen LogP contribution in [0.3, 0.4) is 0 Å². The third-order valence-corrected chi connectivity index (χ3v) is 4.60. The summed E-state index contributed by atoms with van der Waals surface area (Å²) in [5.41, 5.74) is 1.67. The van der Waals surface area contributed by atoms with E-state index in [0.717, 1.165) is 37.1 Å². The van der Waals surface area contributed by atoms with Crippen LogP contribution >= 0.6 is 35.3 Å². The number of piperidine rings is 1. The Bertz CT molecular complexity index is 641. The molecule has 0 radical (unpaired) electrons. The lowest BCUT2D eigenvalue weighted by atomic mass is 10.0. The molecule has 1 aromatic carbocycles. The van der Waals surface area contributed by atoms with Crippen molar-refractivity contribution in [2.75, 3.05) is 11.9 Å². The van der Waals surface area contributed by atoms with Crippen LogP contribution in [0, 0.1) is 0 Å². The van der Waals surface area contributed by atoms with Crippen molar-refractivity contribution < 1.29 is 4.79 Å². The number of amides is 1. The number of carbonyl (C=O) groups excluding carboxylic acids is 1. The number of nitrogens with zero attached hydrogens (tertiary/aromatic N) is 1. The predicted molar refractivity (Wildman–Crippen MR) is 94.1 cm³/mol. The zero-order valence-corrected chi connectivity index (χ0v) is 14.2. The number of hydrogen-bond donors (Lipinski definition) is 2. The van der Waals surface area contributed by atoms with Gasteiger partial charge in [0.15, 0.2) is 5.13 Å². The summed E-state index contributed by atoms with van der Waals surface area (Å²) >= 11 is 7.58. The van der Waals surface area contributed by atoms with Gasteiger partial charge in [0.2, 0.25) is 5.91 Å². The lowest BCUT2D eigenvalue weighted by Crippen LogP contribution is -2.43. The van der Waals surface area contributed by atoms with Gasteiger partial charge in [0, 0.05) is 16.0 Å². The van der Waals surface area contributed by atoms with E-state index in [1.165, 1.54) is 11.3 Å². The van der Waals surface area contributed by atoms with Crippen LogP contribution in [0.1, 0.15) is 19.3 Å². The van der Waals surface area contributed by atoms with Crippen LogP contribution in [0.15, 0.2) is 29.6 Å². The van der Waals surface area contributed by atoms with E-state index in [0.29, 0.717) is 10.2 Å². The molecule has 1 saturated heterocycles. The summed E-state index contributed by atoms with van der Waals surface area (Å²) in [5, 5.41) is 9.30. The zero-order chi connectivity index (χ0) is 14.7. The number of nitrogens with one attached hydrogen (secondary N) is 2. The fourth-order valence-corrected chi connectivity index (χ4v) is 3.34. The van der Waals surface area contributed by atoms with E-state index in [9.17, 15) is 4.79 Å². The van der Waals surface area contributed by atoms with Crippen molar-refractivity contribution in [3.05, 3.63) is 34.7 Å². The molecule has 1 unspecified atom stereocenters. The SMILES string of the molecule is Cl.O=C(Nc1nc(-c2ccccc2Cl)cs1)C1CCCCN1. The molecule has 22 heavy (non-hydrogen) atoms. The molecule has 1 fully saturated rings. The van der Waals surface area contributed by atoms with Crippen molar-refractivity contribution in [3.63, 3.8) is 0 Å². The fraction of sp³-hybridized carbons (Fsp3) is 0.333. The average molecular weight is 358 g/mol. The van der Waals surface area contributed by atoms with Crippen LogP contribution in [-0.4, -0.2) is 23.5 Å². The number of aromatic nitrogens is 1. The quantitative estimate of drug-likeness (QED) is 0.873. The van der Waals surface area contributed by atoms with Crippen LogP contribution in [-0.2, 0) is 4.79 Å². The minimum atomic E-state index is -0.105. The molecule has 118 valence electrons. The molecule has 0 bridgehead atoms. The molecule has 3 rings (SSSR count). The monoisotopic (exact) mass is 357 g/mol. The third-order valence-electron chi connectivity index (χ3n) is 3.51. The minimum absolute atomic E-state index is 0. The molecule has 0 saturated carbocycles. The summed E-state index contributed by atoms with van der Waals surface area (Å²) in [4.78, 5) is 16.6. The van der Waals surface area contributed by atoms with Crippen molar-refractivity contribution in [2.45, 2.75) is 25.3 Å². The van der Waals surface area contributed by atoms with Gasteiger partial charge < -0.3 is 10.6 Å². The highest BCUT2D eigenvalue weighted by Gasteiger charge is 2.21. The molecule has 4 nitrogen and oxygen atoms in total. The van der Waals surface area contributed by atoms with Crippen molar-refractivity contribution in [3.8, 4) is 11.3 Å². The highest BCUT2D eigenvalue weighted by atomic mass is 35.5. The summed E-state index contributed by atoms with van der Waals surface area (Å²) in [6.45, 7) is 0.904. The first-order valence-electron chi connectivity index (χ1n) is 6.99. The second-order valence-corrected chi connectivity index (χ2v) is 6.27.